The van der Waals surface area contributed by atoms with Gasteiger partial charge in [0.2, 0.25) is 5.75 Å². The van der Waals surface area contributed by atoms with Gasteiger partial charge in [-0.1, -0.05) is 0 Å². The van der Waals surface area contributed by atoms with Crippen LogP contribution in [0.5, 0.6) is 23.0 Å². The second-order valence-electron chi connectivity index (χ2n) is 5.32. The minimum Gasteiger partial charge on any atom is -0.493 e. The molecule has 0 spiro atoms. The van der Waals surface area contributed by atoms with Crippen LogP contribution in [0.1, 0.15) is 10.4 Å². The number of hydrogen-bond donors (Lipinski definition) is 2. The van der Waals surface area contributed by atoms with Crippen LogP contribution in [-0.2, 0) is 0 Å². The maximum atomic E-state index is 12.5. The highest BCUT2D eigenvalue weighted by Crippen LogP contribution is 2.40. The summed E-state index contributed by atoms with van der Waals surface area (Å²) in [4.78, 5) is 12.5. The number of amides is 1. The Morgan fingerprint density at radius 3 is 2.62 bits per heavy atom. The van der Waals surface area contributed by atoms with Gasteiger partial charge < -0.3 is 30.0 Å². The molecule has 1 aliphatic rings. The van der Waals surface area contributed by atoms with Gasteiger partial charge in [-0.3, -0.25) is 4.79 Å². The number of hydrogen-bond acceptors (Lipinski definition) is 6. The zero-order chi connectivity index (χ0) is 17.6. The van der Waals surface area contributed by atoms with Crippen LogP contribution in [0.15, 0.2) is 36.4 Å². The molecule has 0 saturated heterocycles. The normalized spacial score (nSPS) is 11.9. The van der Waals surface area contributed by atoms with E-state index in [2.05, 4.69) is 5.32 Å². The number of carbonyl (C=O) groups is 1. The molecule has 2 aromatic rings. The van der Waals surface area contributed by atoms with E-state index in [1.807, 2.05) is 0 Å². The Kier molecular flexibility index (Phi) is 6.94. The lowest BCUT2D eigenvalue weighted by Gasteiger charge is -2.21. The number of rotatable bonds is 6. The van der Waals surface area contributed by atoms with Crippen LogP contribution in [0.2, 0.25) is 0 Å². The zero-order valence-electron chi connectivity index (χ0n) is 14.3. The van der Waals surface area contributed by atoms with Crippen molar-refractivity contribution in [2.75, 3.05) is 38.8 Å². The molecule has 2 aromatic carbocycles. The molecule has 1 aliphatic heterocycles. The predicted molar refractivity (Wildman–Crippen MR) is 100 cm³/mol. The molecule has 0 unspecified atom stereocenters. The van der Waals surface area contributed by atoms with Gasteiger partial charge in [0.15, 0.2) is 11.5 Å². The number of anilines is 1. The minimum atomic E-state index is -0.272. The summed E-state index contributed by atoms with van der Waals surface area (Å²) in [6, 6.07) is 10.3. The lowest BCUT2D eigenvalue weighted by Crippen LogP contribution is -2.18. The number of carbonyl (C=O) groups excluding carboxylic acids is 1. The highest BCUT2D eigenvalue weighted by atomic mass is 35.5. The first-order valence-corrected chi connectivity index (χ1v) is 7.93. The van der Waals surface area contributed by atoms with Crippen molar-refractivity contribution >= 4 is 24.0 Å². The lowest BCUT2D eigenvalue weighted by molar-refractivity contribution is 0.102. The molecule has 3 rings (SSSR count). The van der Waals surface area contributed by atoms with E-state index in [0.717, 1.165) is 0 Å². The van der Waals surface area contributed by atoms with Crippen molar-refractivity contribution in [3.8, 4) is 23.0 Å². The van der Waals surface area contributed by atoms with Crippen LogP contribution < -0.4 is 30.0 Å². The van der Waals surface area contributed by atoms with Gasteiger partial charge in [0, 0.05) is 17.8 Å². The Labute approximate surface area is 157 Å². The predicted octanol–water partition coefficient (Wildman–Crippen LogP) is 2.48. The highest BCUT2D eigenvalue weighted by molar-refractivity contribution is 6.05. The van der Waals surface area contributed by atoms with Crippen LogP contribution in [0, 0.1) is 0 Å². The Balaban J connectivity index is 0.00000243. The summed E-state index contributed by atoms with van der Waals surface area (Å²) in [7, 11) is 1.52. The van der Waals surface area contributed by atoms with E-state index in [-0.39, 0.29) is 18.3 Å². The molecule has 0 bridgehead atoms. The standard InChI is InChI=1S/C18H20N2O5.ClH/c1-22-15-10-12(11-16-17(15)25-9-8-24-16)18(21)20-13-2-4-14(5-3-13)23-7-6-19;/h2-5,10-11H,6-9,19H2,1H3,(H,20,21);1H. The van der Waals surface area contributed by atoms with Gasteiger partial charge in [0.25, 0.3) is 5.91 Å². The molecule has 26 heavy (non-hydrogen) atoms. The molecule has 0 aromatic heterocycles. The van der Waals surface area contributed by atoms with Crippen LogP contribution in [0.4, 0.5) is 5.69 Å². The topological polar surface area (TPSA) is 92.0 Å². The van der Waals surface area contributed by atoms with E-state index >= 15 is 0 Å². The molecule has 140 valence electrons. The monoisotopic (exact) mass is 380 g/mol. The molecule has 0 atom stereocenters. The second-order valence-corrected chi connectivity index (χ2v) is 5.32. The summed E-state index contributed by atoms with van der Waals surface area (Å²) in [5.74, 6) is 1.91. The fourth-order valence-corrected chi connectivity index (χ4v) is 2.42. The molecule has 1 amide bonds. The van der Waals surface area contributed by atoms with E-state index in [1.165, 1.54) is 7.11 Å². The van der Waals surface area contributed by atoms with Crippen LogP contribution in [-0.4, -0.2) is 39.4 Å². The first kappa shape index (κ1) is 19.7. The number of benzene rings is 2. The summed E-state index contributed by atoms with van der Waals surface area (Å²) < 4.78 is 21.8. The number of halogens is 1. The van der Waals surface area contributed by atoms with E-state index < -0.39 is 0 Å². The summed E-state index contributed by atoms with van der Waals surface area (Å²) >= 11 is 0. The van der Waals surface area contributed by atoms with E-state index in [4.69, 9.17) is 24.7 Å². The SMILES string of the molecule is COc1cc(C(=O)Nc2ccc(OCCN)cc2)cc2c1OCCO2.Cl. The van der Waals surface area contributed by atoms with Crippen molar-refractivity contribution in [2.45, 2.75) is 0 Å². The van der Waals surface area contributed by atoms with Gasteiger partial charge in [-0.2, -0.15) is 0 Å². The molecule has 3 N–H and O–H groups in total. The number of nitrogens with one attached hydrogen (secondary N) is 1. The maximum Gasteiger partial charge on any atom is 0.255 e. The summed E-state index contributed by atoms with van der Waals surface area (Å²) in [5.41, 5.74) is 6.47. The van der Waals surface area contributed by atoms with E-state index in [9.17, 15) is 4.79 Å². The molecule has 1 heterocycles. The second kappa shape index (κ2) is 9.17. The van der Waals surface area contributed by atoms with Crippen molar-refractivity contribution in [1.82, 2.24) is 0 Å². The zero-order valence-corrected chi connectivity index (χ0v) is 15.1. The average Bonchev–Trinajstić information content (AvgIpc) is 2.66. The third-order valence-electron chi connectivity index (χ3n) is 3.59. The third-order valence-corrected chi connectivity index (χ3v) is 3.59. The quantitative estimate of drug-likeness (QED) is 0.799. The highest BCUT2D eigenvalue weighted by Gasteiger charge is 2.21. The molecule has 0 saturated carbocycles. The Bertz CT molecular complexity index is 735. The lowest BCUT2D eigenvalue weighted by atomic mass is 10.1. The summed E-state index contributed by atoms with van der Waals surface area (Å²) in [6.07, 6.45) is 0. The maximum absolute atomic E-state index is 12.5. The number of fused-ring (bicyclic) bond motifs is 1. The number of nitrogens with two attached hydrogens (primary N) is 1. The van der Waals surface area contributed by atoms with Crippen molar-refractivity contribution in [3.63, 3.8) is 0 Å². The van der Waals surface area contributed by atoms with Gasteiger partial charge in [0.1, 0.15) is 25.6 Å². The smallest absolute Gasteiger partial charge is 0.255 e. The van der Waals surface area contributed by atoms with Crippen molar-refractivity contribution in [2.24, 2.45) is 5.73 Å². The fourth-order valence-electron chi connectivity index (χ4n) is 2.42. The third kappa shape index (κ3) is 4.50. The molecular weight excluding hydrogens is 360 g/mol. The first-order valence-electron chi connectivity index (χ1n) is 7.93. The molecule has 7 nitrogen and oxygen atoms in total. The van der Waals surface area contributed by atoms with Crippen LogP contribution in [0.3, 0.4) is 0 Å². The molecular formula is C18H21ClN2O5. The van der Waals surface area contributed by atoms with Gasteiger partial charge in [-0.05, 0) is 36.4 Å². The van der Waals surface area contributed by atoms with Gasteiger partial charge in [-0.25, -0.2) is 0 Å². The summed E-state index contributed by atoms with van der Waals surface area (Å²) in [5, 5.41) is 2.83. The molecule has 0 aliphatic carbocycles. The van der Waals surface area contributed by atoms with Gasteiger partial charge in [0.05, 0.1) is 7.11 Å². The molecule has 0 radical (unpaired) electrons. The summed E-state index contributed by atoms with van der Waals surface area (Å²) in [6.45, 7) is 1.78. The van der Waals surface area contributed by atoms with E-state index in [1.54, 1.807) is 36.4 Å². The fraction of sp³-hybridized carbons (Fsp3) is 0.278. The largest absolute Gasteiger partial charge is 0.493 e. The average molecular weight is 381 g/mol. The van der Waals surface area contributed by atoms with Crippen molar-refractivity contribution in [1.29, 1.82) is 0 Å². The van der Waals surface area contributed by atoms with Crippen LogP contribution in [0.25, 0.3) is 0 Å². The number of methoxy groups -OCH3 is 1. The van der Waals surface area contributed by atoms with Gasteiger partial charge in [-0.15, -0.1) is 12.4 Å². The number of ether oxygens (including phenoxy) is 4. The minimum absolute atomic E-state index is 0. The Morgan fingerprint density at radius 2 is 1.92 bits per heavy atom. The van der Waals surface area contributed by atoms with Crippen molar-refractivity contribution in [3.05, 3.63) is 42.0 Å². The molecule has 8 heteroatoms. The molecule has 0 fully saturated rings. The Morgan fingerprint density at radius 1 is 1.19 bits per heavy atom. The van der Waals surface area contributed by atoms with Crippen molar-refractivity contribution < 1.29 is 23.7 Å². The van der Waals surface area contributed by atoms with Gasteiger partial charge >= 0.3 is 0 Å². The van der Waals surface area contributed by atoms with Crippen LogP contribution >= 0.6 is 12.4 Å². The van der Waals surface area contributed by atoms with E-state index in [0.29, 0.717) is 60.6 Å². The Hall–Kier alpha value is -2.64. The first-order chi connectivity index (χ1) is 12.2.